The zero-order valence-electron chi connectivity index (χ0n) is 12.5. The second-order valence-corrected chi connectivity index (χ2v) is 5.36. The first kappa shape index (κ1) is 16.0. The summed E-state index contributed by atoms with van der Waals surface area (Å²) in [5.41, 5.74) is 0.927. The average molecular weight is 267 g/mol. The molecule has 0 amide bonds. The number of benzene rings is 1. The van der Waals surface area contributed by atoms with E-state index in [0.717, 1.165) is 37.1 Å². The third-order valence-electron chi connectivity index (χ3n) is 3.24. The van der Waals surface area contributed by atoms with E-state index in [1.165, 1.54) is 6.07 Å². The SMILES string of the molecule is CCCNC(CCC(C)C)c1cc(F)ccc1OC. The van der Waals surface area contributed by atoms with Crippen molar-refractivity contribution in [3.8, 4) is 5.75 Å². The van der Waals surface area contributed by atoms with E-state index in [0.29, 0.717) is 5.92 Å². The summed E-state index contributed by atoms with van der Waals surface area (Å²) in [7, 11) is 1.63. The lowest BCUT2D eigenvalue weighted by Gasteiger charge is -2.22. The van der Waals surface area contributed by atoms with Gasteiger partial charge >= 0.3 is 0 Å². The number of hydrogen-bond donors (Lipinski definition) is 1. The molecule has 1 unspecified atom stereocenters. The van der Waals surface area contributed by atoms with Gasteiger partial charge in [0.15, 0.2) is 0 Å². The molecule has 1 N–H and O–H groups in total. The van der Waals surface area contributed by atoms with Crippen LogP contribution >= 0.6 is 0 Å². The molecule has 0 saturated heterocycles. The molecule has 0 aliphatic rings. The summed E-state index contributed by atoms with van der Waals surface area (Å²) >= 11 is 0. The summed E-state index contributed by atoms with van der Waals surface area (Å²) in [5.74, 6) is 1.20. The van der Waals surface area contributed by atoms with Gasteiger partial charge in [0.1, 0.15) is 11.6 Å². The first-order valence-corrected chi connectivity index (χ1v) is 7.15. The highest BCUT2D eigenvalue weighted by molar-refractivity contribution is 5.36. The van der Waals surface area contributed by atoms with Gasteiger partial charge in [-0.1, -0.05) is 20.8 Å². The Morgan fingerprint density at radius 1 is 1.26 bits per heavy atom. The van der Waals surface area contributed by atoms with Crippen LogP contribution in [0.15, 0.2) is 18.2 Å². The lowest BCUT2D eigenvalue weighted by molar-refractivity contribution is 0.384. The molecule has 0 bridgehead atoms. The van der Waals surface area contributed by atoms with Crippen molar-refractivity contribution in [3.63, 3.8) is 0 Å². The van der Waals surface area contributed by atoms with E-state index in [9.17, 15) is 4.39 Å². The van der Waals surface area contributed by atoms with Crippen LogP contribution in [0.25, 0.3) is 0 Å². The van der Waals surface area contributed by atoms with Crippen LogP contribution in [0.1, 0.15) is 51.6 Å². The summed E-state index contributed by atoms with van der Waals surface area (Å²) in [6.07, 6.45) is 3.17. The maximum absolute atomic E-state index is 13.5. The maximum atomic E-state index is 13.5. The standard InChI is InChI=1S/C16H26FNO/c1-5-10-18-15(8-6-12(2)3)14-11-13(17)7-9-16(14)19-4/h7,9,11-12,15,18H,5-6,8,10H2,1-4H3. The fraction of sp³-hybridized carbons (Fsp3) is 0.625. The smallest absolute Gasteiger partial charge is 0.123 e. The van der Waals surface area contributed by atoms with Gasteiger partial charge in [0.2, 0.25) is 0 Å². The van der Waals surface area contributed by atoms with Crippen molar-refractivity contribution >= 4 is 0 Å². The highest BCUT2D eigenvalue weighted by Crippen LogP contribution is 2.30. The Labute approximate surface area is 116 Å². The molecular weight excluding hydrogens is 241 g/mol. The number of methoxy groups -OCH3 is 1. The minimum Gasteiger partial charge on any atom is -0.496 e. The molecule has 2 nitrogen and oxygen atoms in total. The highest BCUT2D eigenvalue weighted by Gasteiger charge is 2.16. The van der Waals surface area contributed by atoms with Crippen LogP contribution in [-0.2, 0) is 0 Å². The van der Waals surface area contributed by atoms with Crippen molar-refractivity contribution in [1.29, 1.82) is 0 Å². The van der Waals surface area contributed by atoms with Crippen LogP contribution in [0, 0.1) is 11.7 Å². The zero-order chi connectivity index (χ0) is 14.3. The fourth-order valence-corrected chi connectivity index (χ4v) is 2.16. The quantitative estimate of drug-likeness (QED) is 0.757. The van der Waals surface area contributed by atoms with Crippen LogP contribution in [0.5, 0.6) is 5.75 Å². The predicted octanol–water partition coefficient (Wildman–Crippen LogP) is 4.31. The molecule has 0 fully saturated rings. The number of rotatable bonds is 8. The van der Waals surface area contributed by atoms with Crippen LogP contribution in [0.2, 0.25) is 0 Å². The van der Waals surface area contributed by atoms with Gasteiger partial charge in [-0.3, -0.25) is 0 Å². The number of halogens is 1. The topological polar surface area (TPSA) is 21.3 Å². The maximum Gasteiger partial charge on any atom is 0.123 e. The number of hydrogen-bond acceptors (Lipinski definition) is 2. The third kappa shape index (κ3) is 5.19. The largest absolute Gasteiger partial charge is 0.496 e. The first-order valence-electron chi connectivity index (χ1n) is 7.15. The average Bonchev–Trinajstić information content (AvgIpc) is 2.38. The number of ether oxygens (including phenoxy) is 1. The minimum absolute atomic E-state index is 0.160. The molecule has 3 heteroatoms. The molecule has 0 saturated carbocycles. The van der Waals surface area contributed by atoms with E-state index in [1.54, 1.807) is 19.2 Å². The van der Waals surface area contributed by atoms with Gasteiger partial charge in [0.25, 0.3) is 0 Å². The Balaban J connectivity index is 2.90. The molecule has 0 spiro atoms. The lowest BCUT2D eigenvalue weighted by atomic mass is 9.96. The Morgan fingerprint density at radius 3 is 2.58 bits per heavy atom. The van der Waals surface area contributed by atoms with Crippen molar-refractivity contribution in [2.75, 3.05) is 13.7 Å². The Kier molecular flexibility index (Phi) is 6.85. The van der Waals surface area contributed by atoms with Crippen molar-refractivity contribution in [2.45, 2.75) is 46.1 Å². The number of nitrogens with one attached hydrogen (secondary N) is 1. The summed E-state index contributed by atoms with van der Waals surface area (Å²) < 4.78 is 18.8. The molecule has 0 aliphatic carbocycles. The molecule has 1 aromatic carbocycles. The first-order chi connectivity index (χ1) is 9.08. The van der Waals surface area contributed by atoms with Crippen LogP contribution in [-0.4, -0.2) is 13.7 Å². The van der Waals surface area contributed by atoms with Gasteiger partial charge in [-0.2, -0.15) is 0 Å². The Bertz CT molecular complexity index is 379. The van der Waals surface area contributed by atoms with E-state index in [-0.39, 0.29) is 11.9 Å². The molecule has 1 aromatic rings. The molecule has 1 atom stereocenters. The monoisotopic (exact) mass is 267 g/mol. The van der Waals surface area contributed by atoms with Crippen molar-refractivity contribution in [3.05, 3.63) is 29.6 Å². The molecule has 0 radical (unpaired) electrons. The molecule has 0 aliphatic heterocycles. The van der Waals surface area contributed by atoms with E-state index in [2.05, 4.69) is 26.1 Å². The van der Waals surface area contributed by atoms with E-state index >= 15 is 0 Å². The van der Waals surface area contributed by atoms with Gasteiger partial charge in [-0.25, -0.2) is 4.39 Å². The fourth-order valence-electron chi connectivity index (χ4n) is 2.16. The van der Waals surface area contributed by atoms with Gasteiger partial charge in [0, 0.05) is 11.6 Å². The van der Waals surface area contributed by atoms with Crippen molar-refractivity contribution < 1.29 is 9.13 Å². The van der Waals surface area contributed by atoms with Gasteiger partial charge in [-0.15, -0.1) is 0 Å². The highest BCUT2D eigenvalue weighted by atomic mass is 19.1. The molecule has 0 heterocycles. The molecular formula is C16H26FNO. The summed E-state index contributed by atoms with van der Waals surface area (Å²) in [5, 5.41) is 3.50. The lowest BCUT2D eigenvalue weighted by Crippen LogP contribution is -2.23. The minimum atomic E-state index is -0.205. The zero-order valence-corrected chi connectivity index (χ0v) is 12.5. The summed E-state index contributed by atoms with van der Waals surface area (Å²) in [4.78, 5) is 0. The van der Waals surface area contributed by atoms with Gasteiger partial charge in [-0.05, 0) is 49.9 Å². The van der Waals surface area contributed by atoms with Gasteiger partial charge in [0.05, 0.1) is 7.11 Å². The Hall–Kier alpha value is -1.09. The second-order valence-electron chi connectivity index (χ2n) is 5.36. The van der Waals surface area contributed by atoms with Crippen LogP contribution in [0.4, 0.5) is 4.39 Å². The molecule has 19 heavy (non-hydrogen) atoms. The van der Waals surface area contributed by atoms with Crippen molar-refractivity contribution in [2.24, 2.45) is 5.92 Å². The molecule has 0 aromatic heterocycles. The second kappa shape index (κ2) is 8.16. The third-order valence-corrected chi connectivity index (χ3v) is 3.24. The van der Waals surface area contributed by atoms with E-state index < -0.39 is 0 Å². The normalized spacial score (nSPS) is 12.7. The van der Waals surface area contributed by atoms with Crippen LogP contribution in [0.3, 0.4) is 0 Å². The Morgan fingerprint density at radius 2 is 2.00 bits per heavy atom. The summed E-state index contributed by atoms with van der Waals surface area (Å²) in [6.45, 7) is 7.48. The predicted molar refractivity (Wildman–Crippen MR) is 78.1 cm³/mol. The molecule has 108 valence electrons. The van der Waals surface area contributed by atoms with Gasteiger partial charge < -0.3 is 10.1 Å². The van der Waals surface area contributed by atoms with E-state index in [4.69, 9.17) is 4.74 Å². The van der Waals surface area contributed by atoms with E-state index in [1.807, 2.05) is 0 Å². The summed E-state index contributed by atoms with van der Waals surface area (Å²) in [6, 6.07) is 4.91. The van der Waals surface area contributed by atoms with Crippen LogP contribution < -0.4 is 10.1 Å². The molecule has 1 rings (SSSR count). The van der Waals surface area contributed by atoms with Crippen molar-refractivity contribution in [1.82, 2.24) is 5.32 Å².